The summed E-state index contributed by atoms with van der Waals surface area (Å²) in [4.78, 5) is 24.2. The van der Waals surface area contributed by atoms with Gasteiger partial charge in [-0.05, 0) is 6.42 Å². The van der Waals surface area contributed by atoms with Crippen molar-refractivity contribution >= 4 is 11.9 Å². The predicted octanol–water partition coefficient (Wildman–Crippen LogP) is -5.97. The van der Waals surface area contributed by atoms with Gasteiger partial charge in [0.15, 0.2) is 6.29 Å². The van der Waals surface area contributed by atoms with Crippen LogP contribution in [0.4, 0.5) is 0 Å². The highest BCUT2D eigenvalue weighted by atomic mass is 16.8. The molecule has 0 aromatic heterocycles. The Hall–Kier alpha value is -2.36. The lowest BCUT2D eigenvalue weighted by Crippen LogP contribution is -3.15. The molecule has 0 amide bonds. The molecule has 37 heavy (non-hydrogen) atoms. The molecule has 0 radical (unpaired) electrons. The zero-order valence-corrected chi connectivity index (χ0v) is 20.1. The standard InChI is InChI=1S/C24H35NO12/c1-2-14-15(4-3-12-7-13(21(31)32)9-25(8-12)5-6-26)16(22(33)34)11-35-23(14)37-24-20(30)19(29)18(28)17(10-27)36-24/h2-4,11-15,17-20,23-24,26-30H,1,5-10H2,(H,31,32)(H,33,34)/p-1/t12?,13?,14-,15-,17+,18+,19-,20+,23-,24+/m0/s1. The predicted molar refractivity (Wildman–Crippen MR) is 118 cm³/mol. The fourth-order valence-electron chi connectivity index (χ4n) is 5.09. The second kappa shape index (κ2) is 12.9. The molecule has 3 aliphatic rings. The number of carbonyl (C=O) groups excluding carboxylic acids is 2. The lowest BCUT2D eigenvalue weighted by atomic mass is 9.81. The summed E-state index contributed by atoms with van der Waals surface area (Å²) >= 11 is 0. The van der Waals surface area contributed by atoms with Gasteiger partial charge in [0, 0.05) is 29.2 Å². The number of carboxylic acids is 2. The third kappa shape index (κ3) is 6.75. The average Bonchev–Trinajstić information content (AvgIpc) is 2.87. The van der Waals surface area contributed by atoms with E-state index in [-0.39, 0.29) is 24.5 Å². The van der Waals surface area contributed by atoms with Gasteiger partial charge in [-0.15, -0.1) is 6.58 Å². The number of nitrogens with one attached hydrogen (secondary N) is 1. The number of piperidine rings is 1. The summed E-state index contributed by atoms with van der Waals surface area (Å²) in [6, 6.07) is 0. The van der Waals surface area contributed by atoms with Gasteiger partial charge in [0.05, 0.1) is 44.5 Å². The van der Waals surface area contributed by atoms with Crippen molar-refractivity contribution in [1.29, 1.82) is 0 Å². The van der Waals surface area contributed by atoms with Gasteiger partial charge in [-0.1, -0.05) is 18.2 Å². The first-order valence-corrected chi connectivity index (χ1v) is 12.1. The van der Waals surface area contributed by atoms with Gasteiger partial charge in [0.1, 0.15) is 31.0 Å². The number of aliphatic carboxylic acids is 2. The Labute approximate surface area is 213 Å². The fourth-order valence-corrected chi connectivity index (χ4v) is 5.09. The lowest BCUT2D eigenvalue weighted by Gasteiger charge is -2.43. The molecule has 0 aromatic carbocycles. The third-order valence-electron chi connectivity index (χ3n) is 7.10. The normalized spacial score (nSPS) is 40.6. The van der Waals surface area contributed by atoms with E-state index < -0.39 is 73.3 Å². The van der Waals surface area contributed by atoms with Crippen molar-refractivity contribution in [1.82, 2.24) is 0 Å². The molecule has 208 valence electrons. The summed E-state index contributed by atoms with van der Waals surface area (Å²) in [6.45, 7) is 4.16. The van der Waals surface area contributed by atoms with E-state index in [1.165, 1.54) is 6.08 Å². The van der Waals surface area contributed by atoms with Crippen molar-refractivity contribution in [3.05, 3.63) is 36.6 Å². The number of carbonyl (C=O) groups is 2. The minimum absolute atomic E-state index is 0.113. The van der Waals surface area contributed by atoms with Crippen LogP contribution in [-0.4, -0.2) is 107 Å². The Balaban J connectivity index is 1.81. The van der Waals surface area contributed by atoms with E-state index in [2.05, 4.69) is 6.58 Å². The molecule has 2 saturated heterocycles. The number of aliphatic hydroxyl groups excluding tert-OH is 5. The third-order valence-corrected chi connectivity index (χ3v) is 7.10. The number of hydrogen-bond acceptors (Lipinski definition) is 12. The van der Waals surface area contributed by atoms with Gasteiger partial charge in [-0.3, -0.25) is 0 Å². The minimum Gasteiger partial charge on any atom is -0.550 e. The zero-order chi connectivity index (χ0) is 27.3. The fraction of sp³-hybridized carbons (Fsp3) is 0.667. The van der Waals surface area contributed by atoms with E-state index in [4.69, 9.17) is 14.2 Å². The second-order valence-corrected chi connectivity index (χ2v) is 9.57. The van der Waals surface area contributed by atoms with Crippen LogP contribution in [0.5, 0.6) is 0 Å². The van der Waals surface area contributed by atoms with E-state index in [0.29, 0.717) is 19.6 Å². The van der Waals surface area contributed by atoms with Crippen LogP contribution < -0.4 is 15.1 Å². The molecule has 0 aromatic rings. The second-order valence-electron chi connectivity index (χ2n) is 9.57. The molecule has 3 aliphatic heterocycles. The number of rotatable bonds is 10. The first kappa shape index (κ1) is 29.2. The van der Waals surface area contributed by atoms with Gasteiger partial charge in [-0.2, -0.15) is 0 Å². The van der Waals surface area contributed by atoms with Gasteiger partial charge >= 0.3 is 0 Å². The maximum absolute atomic E-state index is 11.8. The van der Waals surface area contributed by atoms with E-state index in [1.807, 2.05) is 0 Å². The van der Waals surface area contributed by atoms with Gasteiger partial charge in [0.2, 0.25) is 6.29 Å². The molecule has 0 aliphatic carbocycles. The monoisotopic (exact) mass is 528 g/mol. The summed E-state index contributed by atoms with van der Waals surface area (Å²) < 4.78 is 16.5. The summed E-state index contributed by atoms with van der Waals surface area (Å²) in [6.07, 6.45) is -3.05. The van der Waals surface area contributed by atoms with Gasteiger partial charge in [-0.25, -0.2) is 0 Å². The molecule has 3 rings (SSSR count). The molecule has 13 heteroatoms. The number of ether oxygens (including phenoxy) is 3. The van der Waals surface area contributed by atoms with Gasteiger partial charge < -0.3 is 64.4 Å². The molecule has 0 bridgehead atoms. The molecular formula is C24H34NO12-. The number of carboxylic acid groups (broad SMARTS) is 2. The highest BCUT2D eigenvalue weighted by Crippen LogP contribution is 2.36. The van der Waals surface area contributed by atoms with Crippen LogP contribution in [0.3, 0.4) is 0 Å². The quantitative estimate of drug-likeness (QED) is 0.146. The van der Waals surface area contributed by atoms with Crippen molar-refractivity contribution < 1.29 is 64.4 Å². The Bertz CT molecular complexity index is 876. The van der Waals surface area contributed by atoms with Crippen molar-refractivity contribution in [3.8, 4) is 0 Å². The number of aliphatic hydroxyl groups is 5. The van der Waals surface area contributed by atoms with Crippen LogP contribution in [0.25, 0.3) is 0 Å². The maximum atomic E-state index is 11.8. The Morgan fingerprint density at radius 2 is 1.84 bits per heavy atom. The molecule has 2 fully saturated rings. The molecule has 13 nitrogen and oxygen atoms in total. The minimum atomic E-state index is -1.70. The zero-order valence-electron chi connectivity index (χ0n) is 20.1. The van der Waals surface area contributed by atoms with Crippen LogP contribution in [0.15, 0.2) is 36.6 Å². The van der Waals surface area contributed by atoms with Crippen molar-refractivity contribution in [2.24, 2.45) is 23.7 Å². The maximum Gasteiger partial charge on any atom is 0.208 e. The van der Waals surface area contributed by atoms with Gasteiger partial charge in [0.25, 0.3) is 0 Å². The molecule has 6 N–H and O–H groups in total. The summed E-state index contributed by atoms with van der Waals surface area (Å²) in [5.41, 5.74) is -0.221. The molecule has 0 saturated carbocycles. The SMILES string of the molecule is C=C[C@@H]1[C@H](O[C@H]2O[C@H](CO)[C@@H](O)[C@H](O)[C@H]2O)OC=C(C(=O)[O-])[C@H]1C=CC1CC(C(=O)[O-])C[NH+](CCO)C1. The molecular weight excluding hydrogens is 494 g/mol. The Kier molecular flexibility index (Phi) is 10.2. The summed E-state index contributed by atoms with van der Waals surface area (Å²) in [7, 11) is 0. The van der Waals surface area contributed by atoms with Crippen molar-refractivity contribution in [2.45, 2.75) is 43.4 Å². The van der Waals surface area contributed by atoms with E-state index >= 15 is 0 Å². The highest BCUT2D eigenvalue weighted by Gasteiger charge is 2.47. The first-order chi connectivity index (χ1) is 17.6. The van der Waals surface area contributed by atoms with E-state index in [0.717, 1.165) is 11.2 Å². The lowest BCUT2D eigenvalue weighted by molar-refractivity contribution is -0.911. The molecule has 3 unspecified atom stereocenters. The number of quaternary nitrogens is 1. The summed E-state index contributed by atoms with van der Waals surface area (Å²) in [5, 5.41) is 72.3. The summed E-state index contributed by atoms with van der Waals surface area (Å²) in [5.74, 6) is -5.39. The Morgan fingerprint density at radius 1 is 1.11 bits per heavy atom. The average molecular weight is 529 g/mol. The molecule has 0 spiro atoms. The molecule has 3 heterocycles. The number of likely N-dealkylation sites (tertiary alicyclic amines) is 1. The van der Waals surface area contributed by atoms with Crippen LogP contribution in [-0.2, 0) is 23.8 Å². The van der Waals surface area contributed by atoms with Crippen LogP contribution >= 0.6 is 0 Å². The number of hydrogen-bond donors (Lipinski definition) is 6. The smallest absolute Gasteiger partial charge is 0.208 e. The van der Waals surface area contributed by atoms with Crippen molar-refractivity contribution in [3.63, 3.8) is 0 Å². The molecule has 11 atom stereocenters. The van der Waals surface area contributed by atoms with Crippen LogP contribution in [0.1, 0.15) is 6.42 Å². The van der Waals surface area contributed by atoms with E-state index in [9.17, 15) is 45.3 Å². The number of allylic oxidation sites excluding steroid dienone is 1. The topological polar surface area (TPSA) is 214 Å². The highest BCUT2D eigenvalue weighted by molar-refractivity contribution is 5.85. The van der Waals surface area contributed by atoms with Crippen molar-refractivity contribution in [2.75, 3.05) is 32.8 Å². The first-order valence-electron chi connectivity index (χ1n) is 12.1. The van der Waals surface area contributed by atoms with Crippen LogP contribution in [0, 0.1) is 23.7 Å². The largest absolute Gasteiger partial charge is 0.550 e. The van der Waals surface area contributed by atoms with Crippen LogP contribution in [0.2, 0.25) is 0 Å². The Morgan fingerprint density at radius 3 is 2.43 bits per heavy atom. The van der Waals surface area contributed by atoms with E-state index in [1.54, 1.807) is 12.2 Å².